The van der Waals surface area contributed by atoms with Crippen LogP contribution in [0.2, 0.25) is 0 Å². The Bertz CT molecular complexity index is 631. The molecule has 30 heavy (non-hydrogen) atoms. The maximum Gasteiger partial charge on any atom is 0.403 e. The number of thiol groups is 1. The normalized spacial score (nSPS) is 15.2. The molecule has 9 nitrogen and oxygen atoms in total. The number of carbonyl (C=O) groups excluding carboxylic acids is 2. The standard InChI is InChI=1S/C14H19F6N3O6S/c15-13(16,17)9(14(18,19)20)8(12(28)29)23-10(25)6(4-30)22-7(24)3-1-2-5(21)11(26)27/h5-6,8-9,30H,1-4,21H2,(H,22,24)(H,23,25)(H,26,27)(H,28,29)/t5-,6-,8-/m0/s1. The number of aliphatic carboxylic acids is 2. The SMILES string of the molecule is N[C@@H](CCCC(=O)N[C@@H](CS)C(=O)N[C@H](C(=O)O)C(C(F)(F)F)C(F)(F)F)C(=O)O. The molecule has 0 aromatic heterocycles. The van der Waals surface area contributed by atoms with Crippen LogP contribution in [0.25, 0.3) is 0 Å². The quantitative estimate of drug-likeness (QED) is 0.187. The fourth-order valence-electron chi connectivity index (χ4n) is 2.17. The van der Waals surface area contributed by atoms with Crippen molar-refractivity contribution in [2.75, 3.05) is 5.75 Å². The predicted octanol–water partition coefficient (Wildman–Crippen LogP) is 0.293. The molecule has 16 heteroatoms. The number of carbonyl (C=O) groups is 4. The van der Waals surface area contributed by atoms with Gasteiger partial charge in [-0.1, -0.05) is 0 Å². The Morgan fingerprint density at radius 3 is 1.80 bits per heavy atom. The van der Waals surface area contributed by atoms with Gasteiger partial charge in [0.2, 0.25) is 11.8 Å². The van der Waals surface area contributed by atoms with Gasteiger partial charge in [0.25, 0.3) is 0 Å². The third kappa shape index (κ3) is 9.06. The second-order valence-corrected chi connectivity index (χ2v) is 6.39. The first kappa shape index (κ1) is 27.8. The summed E-state index contributed by atoms with van der Waals surface area (Å²) in [6.45, 7) is 0. The van der Waals surface area contributed by atoms with Crippen LogP contribution in [-0.4, -0.2) is 70.2 Å². The fraction of sp³-hybridized carbons (Fsp3) is 0.714. The number of halogens is 6. The second kappa shape index (κ2) is 11.2. The molecule has 0 rings (SSSR count). The molecule has 174 valence electrons. The zero-order chi connectivity index (χ0) is 23.9. The molecule has 0 fully saturated rings. The maximum absolute atomic E-state index is 12.8. The Hall–Kier alpha value is -2.23. The summed E-state index contributed by atoms with van der Waals surface area (Å²) >= 11 is 3.65. The highest BCUT2D eigenvalue weighted by molar-refractivity contribution is 7.80. The third-order valence-corrected chi connectivity index (χ3v) is 4.04. The first-order valence-electron chi connectivity index (χ1n) is 8.07. The molecule has 0 saturated carbocycles. The monoisotopic (exact) mass is 471 g/mol. The van der Waals surface area contributed by atoms with E-state index in [0.29, 0.717) is 0 Å². The summed E-state index contributed by atoms with van der Waals surface area (Å²) < 4.78 is 76.6. The summed E-state index contributed by atoms with van der Waals surface area (Å²) in [7, 11) is 0. The molecular weight excluding hydrogens is 452 g/mol. The Kier molecular flexibility index (Phi) is 10.4. The van der Waals surface area contributed by atoms with Gasteiger partial charge < -0.3 is 26.6 Å². The van der Waals surface area contributed by atoms with Crippen molar-refractivity contribution in [1.29, 1.82) is 0 Å². The lowest BCUT2D eigenvalue weighted by Gasteiger charge is -2.29. The number of rotatable bonds is 11. The van der Waals surface area contributed by atoms with E-state index < -0.39 is 65.9 Å². The molecule has 0 aromatic carbocycles. The number of nitrogens with one attached hydrogen (secondary N) is 2. The summed E-state index contributed by atoms with van der Waals surface area (Å²) in [5, 5.41) is 20.5. The minimum Gasteiger partial charge on any atom is -0.480 e. The molecule has 0 spiro atoms. The van der Waals surface area contributed by atoms with Crippen LogP contribution in [0.4, 0.5) is 26.3 Å². The van der Waals surface area contributed by atoms with E-state index in [1.165, 1.54) is 0 Å². The van der Waals surface area contributed by atoms with Crippen molar-refractivity contribution in [3.05, 3.63) is 0 Å². The van der Waals surface area contributed by atoms with Gasteiger partial charge in [-0.2, -0.15) is 39.0 Å². The van der Waals surface area contributed by atoms with Gasteiger partial charge in [-0.25, -0.2) is 4.79 Å². The molecule has 0 radical (unpaired) electrons. The van der Waals surface area contributed by atoms with Crippen LogP contribution >= 0.6 is 12.6 Å². The Balaban J connectivity index is 5.18. The van der Waals surface area contributed by atoms with E-state index in [2.05, 4.69) is 12.6 Å². The van der Waals surface area contributed by atoms with Crippen LogP contribution in [-0.2, 0) is 19.2 Å². The van der Waals surface area contributed by atoms with E-state index in [0.717, 1.165) is 5.32 Å². The van der Waals surface area contributed by atoms with Crippen molar-refractivity contribution >= 4 is 36.4 Å². The highest BCUT2D eigenvalue weighted by Gasteiger charge is 2.62. The largest absolute Gasteiger partial charge is 0.480 e. The summed E-state index contributed by atoms with van der Waals surface area (Å²) in [5.74, 6) is -11.4. The van der Waals surface area contributed by atoms with Gasteiger partial charge in [-0.15, -0.1) is 0 Å². The molecule has 6 N–H and O–H groups in total. The molecule has 0 unspecified atom stereocenters. The van der Waals surface area contributed by atoms with E-state index in [1.807, 2.05) is 5.32 Å². The van der Waals surface area contributed by atoms with E-state index in [4.69, 9.17) is 15.9 Å². The number of hydrogen-bond acceptors (Lipinski definition) is 6. The van der Waals surface area contributed by atoms with Gasteiger partial charge in [0.15, 0.2) is 5.92 Å². The average Bonchev–Trinajstić information content (AvgIpc) is 2.55. The average molecular weight is 471 g/mol. The number of nitrogens with two attached hydrogens (primary N) is 1. The van der Waals surface area contributed by atoms with Crippen molar-refractivity contribution in [3.8, 4) is 0 Å². The highest BCUT2D eigenvalue weighted by Crippen LogP contribution is 2.41. The van der Waals surface area contributed by atoms with E-state index in [9.17, 15) is 45.5 Å². The second-order valence-electron chi connectivity index (χ2n) is 6.03. The fourth-order valence-corrected chi connectivity index (χ4v) is 2.43. The summed E-state index contributed by atoms with van der Waals surface area (Å²) in [5.41, 5.74) is 5.21. The number of carboxylic acid groups (broad SMARTS) is 2. The van der Waals surface area contributed by atoms with Crippen LogP contribution in [0.15, 0.2) is 0 Å². The maximum atomic E-state index is 12.8. The Morgan fingerprint density at radius 2 is 1.43 bits per heavy atom. The third-order valence-electron chi connectivity index (χ3n) is 3.67. The zero-order valence-electron chi connectivity index (χ0n) is 15.0. The van der Waals surface area contributed by atoms with Crippen molar-refractivity contribution in [2.45, 2.75) is 49.7 Å². The summed E-state index contributed by atoms with van der Waals surface area (Å²) in [4.78, 5) is 45.3. The van der Waals surface area contributed by atoms with Gasteiger partial charge in [0, 0.05) is 12.2 Å². The van der Waals surface area contributed by atoms with Crippen molar-refractivity contribution in [2.24, 2.45) is 11.7 Å². The van der Waals surface area contributed by atoms with Crippen molar-refractivity contribution in [3.63, 3.8) is 0 Å². The summed E-state index contributed by atoms with van der Waals surface area (Å²) in [6, 6.07) is -6.41. The molecular formula is C14H19F6N3O6S. The van der Waals surface area contributed by atoms with E-state index in [-0.39, 0.29) is 19.3 Å². The van der Waals surface area contributed by atoms with E-state index in [1.54, 1.807) is 0 Å². The first-order chi connectivity index (χ1) is 13.5. The van der Waals surface area contributed by atoms with Crippen molar-refractivity contribution < 1.29 is 55.7 Å². The van der Waals surface area contributed by atoms with Crippen LogP contribution in [0, 0.1) is 5.92 Å². The van der Waals surface area contributed by atoms with Crippen LogP contribution in [0.1, 0.15) is 19.3 Å². The highest BCUT2D eigenvalue weighted by atomic mass is 32.1. The predicted molar refractivity (Wildman–Crippen MR) is 90.4 cm³/mol. The minimum absolute atomic E-state index is 0.0534. The number of amides is 2. The van der Waals surface area contributed by atoms with Crippen molar-refractivity contribution in [1.82, 2.24) is 10.6 Å². The Labute approximate surface area is 170 Å². The molecule has 3 atom stereocenters. The van der Waals surface area contributed by atoms with Crippen LogP contribution in [0.3, 0.4) is 0 Å². The molecule has 0 aliphatic heterocycles. The lowest BCUT2D eigenvalue weighted by atomic mass is 9.98. The number of carboxylic acids is 2. The number of alkyl halides is 6. The molecule has 0 heterocycles. The van der Waals surface area contributed by atoms with Gasteiger partial charge in [0.1, 0.15) is 18.1 Å². The first-order valence-corrected chi connectivity index (χ1v) is 8.70. The molecule has 0 bridgehead atoms. The van der Waals surface area contributed by atoms with Gasteiger partial charge in [-0.05, 0) is 12.8 Å². The Morgan fingerprint density at radius 1 is 0.933 bits per heavy atom. The lowest BCUT2D eigenvalue weighted by molar-refractivity contribution is -0.290. The molecule has 0 aliphatic rings. The topological polar surface area (TPSA) is 159 Å². The van der Waals surface area contributed by atoms with Crippen LogP contribution < -0.4 is 16.4 Å². The molecule has 0 saturated heterocycles. The molecule has 0 aromatic rings. The van der Waals surface area contributed by atoms with Gasteiger partial charge in [0.05, 0.1) is 0 Å². The summed E-state index contributed by atoms with van der Waals surface area (Å²) in [6.07, 6.45) is -12.6. The molecule has 2 amide bonds. The van der Waals surface area contributed by atoms with E-state index >= 15 is 0 Å². The minimum atomic E-state index is -6.03. The lowest BCUT2D eigenvalue weighted by Crippen LogP contribution is -2.59. The smallest absolute Gasteiger partial charge is 0.403 e. The zero-order valence-corrected chi connectivity index (χ0v) is 15.9. The van der Waals surface area contributed by atoms with Crippen LogP contribution in [0.5, 0.6) is 0 Å². The molecule has 0 aliphatic carbocycles. The number of hydrogen-bond donors (Lipinski definition) is 6. The van der Waals surface area contributed by atoms with Gasteiger partial charge >= 0.3 is 24.3 Å². The van der Waals surface area contributed by atoms with Gasteiger partial charge in [-0.3, -0.25) is 14.4 Å².